The number of rotatable bonds is 2. The standard InChI is InChI=1S/C11H13NO2/c1-7-8(4-5-12)2-3-9-10(7)6-14-11(9)13/h2-3H,4-6,12H2,1H3. The summed E-state index contributed by atoms with van der Waals surface area (Å²) in [7, 11) is 0. The van der Waals surface area contributed by atoms with Gasteiger partial charge in [-0.1, -0.05) is 6.07 Å². The van der Waals surface area contributed by atoms with Crippen LogP contribution >= 0.6 is 0 Å². The van der Waals surface area contributed by atoms with E-state index in [0.29, 0.717) is 18.7 Å². The van der Waals surface area contributed by atoms with Crippen molar-refractivity contribution >= 4 is 5.97 Å². The third-order valence-corrected chi connectivity index (χ3v) is 2.69. The van der Waals surface area contributed by atoms with Crippen LogP contribution in [0.1, 0.15) is 27.0 Å². The van der Waals surface area contributed by atoms with Crippen molar-refractivity contribution in [3.8, 4) is 0 Å². The third kappa shape index (κ3) is 1.30. The Hall–Kier alpha value is -1.35. The molecule has 3 nitrogen and oxygen atoms in total. The molecule has 2 N–H and O–H groups in total. The van der Waals surface area contributed by atoms with E-state index < -0.39 is 0 Å². The van der Waals surface area contributed by atoms with Crippen molar-refractivity contribution in [1.82, 2.24) is 0 Å². The zero-order valence-corrected chi connectivity index (χ0v) is 8.17. The Labute approximate surface area is 82.9 Å². The molecule has 0 spiro atoms. The molecule has 0 atom stereocenters. The van der Waals surface area contributed by atoms with E-state index in [1.54, 1.807) is 0 Å². The number of carbonyl (C=O) groups excluding carboxylic acids is 1. The van der Waals surface area contributed by atoms with Crippen molar-refractivity contribution in [3.63, 3.8) is 0 Å². The lowest BCUT2D eigenvalue weighted by Crippen LogP contribution is -2.05. The Kier molecular flexibility index (Phi) is 2.25. The van der Waals surface area contributed by atoms with E-state index in [4.69, 9.17) is 10.5 Å². The predicted octanol–water partition coefficient (Wildman–Crippen LogP) is 1.17. The SMILES string of the molecule is Cc1c(CCN)ccc2c1COC2=O. The molecule has 1 aliphatic heterocycles. The number of hydrogen-bond acceptors (Lipinski definition) is 3. The molecule has 0 saturated heterocycles. The first-order valence-corrected chi connectivity index (χ1v) is 4.72. The second kappa shape index (κ2) is 3.42. The van der Waals surface area contributed by atoms with E-state index in [0.717, 1.165) is 17.5 Å². The summed E-state index contributed by atoms with van der Waals surface area (Å²) in [5.74, 6) is -0.206. The summed E-state index contributed by atoms with van der Waals surface area (Å²) in [5, 5.41) is 0. The lowest BCUT2D eigenvalue weighted by Gasteiger charge is -2.07. The first kappa shape index (κ1) is 9.21. The average Bonchev–Trinajstić information content (AvgIpc) is 2.54. The molecule has 0 fully saturated rings. The maximum Gasteiger partial charge on any atom is 0.338 e. The molecular weight excluding hydrogens is 178 g/mol. The number of cyclic esters (lactones) is 1. The highest BCUT2D eigenvalue weighted by Crippen LogP contribution is 2.25. The fourth-order valence-corrected chi connectivity index (χ4v) is 1.82. The highest BCUT2D eigenvalue weighted by atomic mass is 16.5. The monoisotopic (exact) mass is 191 g/mol. The van der Waals surface area contributed by atoms with Crippen LogP contribution in [0.2, 0.25) is 0 Å². The number of ether oxygens (including phenoxy) is 1. The molecule has 1 heterocycles. The van der Waals surface area contributed by atoms with Gasteiger partial charge in [-0.05, 0) is 37.1 Å². The Bertz CT molecular complexity index is 385. The third-order valence-electron chi connectivity index (χ3n) is 2.69. The second-order valence-corrected chi connectivity index (χ2v) is 3.49. The van der Waals surface area contributed by atoms with Crippen molar-refractivity contribution in [2.45, 2.75) is 20.0 Å². The minimum atomic E-state index is -0.206. The van der Waals surface area contributed by atoms with Gasteiger partial charge in [0.1, 0.15) is 6.61 Å². The molecular formula is C11H13NO2. The topological polar surface area (TPSA) is 52.3 Å². The van der Waals surface area contributed by atoms with E-state index in [2.05, 4.69) is 0 Å². The van der Waals surface area contributed by atoms with Crippen LogP contribution in [0.25, 0.3) is 0 Å². The van der Waals surface area contributed by atoms with Gasteiger partial charge in [-0.3, -0.25) is 0 Å². The zero-order valence-electron chi connectivity index (χ0n) is 8.17. The highest BCUT2D eigenvalue weighted by molar-refractivity contribution is 5.93. The van der Waals surface area contributed by atoms with Gasteiger partial charge in [0.25, 0.3) is 0 Å². The van der Waals surface area contributed by atoms with Crippen LogP contribution in [0.3, 0.4) is 0 Å². The zero-order chi connectivity index (χ0) is 10.1. The summed E-state index contributed by atoms with van der Waals surface area (Å²) < 4.78 is 4.97. The van der Waals surface area contributed by atoms with Gasteiger partial charge < -0.3 is 10.5 Å². The minimum Gasteiger partial charge on any atom is -0.457 e. The van der Waals surface area contributed by atoms with Gasteiger partial charge in [0.15, 0.2) is 0 Å². The van der Waals surface area contributed by atoms with Crippen molar-refractivity contribution < 1.29 is 9.53 Å². The summed E-state index contributed by atoms with van der Waals surface area (Å²) in [5.41, 5.74) is 9.61. The van der Waals surface area contributed by atoms with Gasteiger partial charge in [-0.25, -0.2) is 4.79 Å². The van der Waals surface area contributed by atoms with Gasteiger partial charge in [-0.15, -0.1) is 0 Å². The number of esters is 1. The molecule has 3 heteroatoms. The van der Waals surface area contributed by atoms with Gasteiger partial charge >= 0.3 is 5.97 Å². The molecule has 1 aliphatic rings. The van der Waals surface area contributed by atoms with Crippen molar-refractivity contribution in [2.75, 3.05) is 6.54 Å². The van der Waals surface area contributed by atoms with E-state index in [9.17, 15) is 4.79 Å². The van der Waals surface area contributed by atoms with Crippen LogP contribution in [0.5, 0.6) is 0 Å². The largest absolute Gasteiger partial charge is 0.457 e. The maximum absolute atomic E-state index is 11.2. The van der Waals surface area contributed by atoms with Gasteiger partial charge in [0.05, 0.1) is 5.56 Å². The summed E-state index contributed by atoms with van der Waals surface area (Å²) >= 11 is 0. The number of fused-ring (bicyclic) bond motifs is 1. The normalized spacial score (nSPS) is 14.0. The molecule has 0 amide bonds. The first-order valence-electron chi connectivity index (χ1n) is 4.72. The molecule has 0 radical (unpaired) electrons. The van der Waals surface area contributed by atoms with E-state index in [1.165, 1.54) is 5.56 Å². The van der Waals surface area contributed by atoms with Crippen LogP contribution in [-0.2, 0) is 17.8 Å². The first-order chi connectivity index (χ1) is 6.74. The Balaban J connectivity index is 2.47. The van der Waals surface area contributed by atoms with E-state index in [1.807, 2.05) is 19.1 Å². The van der Waals surface area contributed by atoms with Crippen LogP contribution in [0.4, 0.5) is 0 Å². The Morgan fingerprint density at radius 1 is 1.50 bits per heavy atom. The highest BCUT2D eigenvalue weighted by Gasteiger charge is 2.23. The lowest BCUT2D eigenvalue weighted by atomic mass is 9.97. The average molecular weight is 191 g/mol. The van der Waals surface area contributed by atoms with Crippen LogP contribution < -0.4 is 5.73 Å². The Morgan fingerprint density at radius 2 is 2.29 bits per heavy atom. The molecule has 0 saturated carbocycles. The summed E-state index contributed by atoms with van der Waals surface area (Å²) in [6.07, 6.45) is 0.854. The molecule has 0 unspecified atom stereocenters. The van der Waals surface area contributed by atoms with Gasteiger partial charge in [-0.2, -0.15) is 0 Å². The smallest absolute Gasteiger partial charge is 0.338 e. The summed E-state index contributed by atoms with van der Waals surface area (Å²) in [4.78, 5) is 11.2. The van der Waals surface area contributed by atoms with Crippen molar-refractivity contribution in [1.29, 1.82) is 0 Å². The fourth-order valence-electron chi connectivity index (χ4n) is 1.82. The molecule has 1 aromatic carbocycles. The van der Waals surface area contributed by atoms with Gasteiger partial charge in [0, 0.05) is 5.56 Å². The molecule has 2 rings (SSSR count). The molecule has 0 aromatic heterocycles. The molecule has 0 bridgehead atoms. The number of nitrogens with two attached hydrogens (primary N) is 1. The number of benzene rings is 1. The summed E-state index contributed by atoms with van der Waals surface area (Å²) in [6.45, 7) is 3.07. The van der Waals surface area contributed by atoms with Gasteiger partial charge in [0.2, 0.25) is 0 Å². The summed E-state index contributed by atoms with van der Waals surface area (Å²) in [6, 6.07) is 3.80. The maximum atomic E-state index is 11.2. The fraction of sp³-hybridized carbons (Fsp3) is 0.364. The van der Waals surface area contributed by atoms with E-state index in [-0.39, 0.29) is 5.97 Å². The molecule has 0 aliphatic carbocycles. The molecule has 14 heavy (non-hydrogen) atoms. The lowest BCUT2D eigenvalue weighted by molar-refractivity contribution is 0.0535. The van der Waals surface area contributed by atoms with Crippen LogP contribution in [0, 0.1) is 6.92 Å². The quantitative estimate of drug-likeness (QED) is 0.714. The van der Waals surface area contributed by atoms with Crippen molar-refractivity contribution in [3.05, 3.63) is 34.4 Å². The number of hydrogen-bond donors (Lipinski definition) is 1. The minimum absolute atomic E-state index is 0.206. The number of carbonyl (C=O) groups is 1. The predicted molar refractivity (Wildman–Crippen MR) is 53.1 cm³/mol. The van der Waals surface area contributed by atoms with E-state index >= 15 is 0 Å². The van der Waals surface area contributed by atoms with Crippen molar-refractivity contribution in [2.24, 2.45) is 5.73 Å². The molecule has 74 valence electrons. The Morgan fingerprint density at radius 3 is 3.00 bits per heavy atom. The molecule has 1 aromatic rings. The van der Waals surface area contributed by atoms with Crippen LogP contribution in [-0.4, -0.2) is 12.5 Å². The van der Waals surface area contributed by atoms with Crippen LogP contribution in [0.15, 0.2) is 12.1 Å². The second-order valence-electron chi connectivity index (χ2n) is 3.49.